The Balaban J connectivity index is 1.64. The maximum atomic E-state index is 12.1. The molecule has 0 atom stereocenters. The van der Waals surface area contributed by atoms with Crippen LogP contribution in [0.4, 0.5) is 11.4 Å². The first kappa shape index (κ1) is 16.1. The number of amides is 1. The first-order valence-electron chi connectivity index (χ1n) is 7.24. The summed E-state index contributed by atoms with van der Waals surface area (Å²) in [5, 5.41) is 17.4. The smallest absolute Gasteiger partial charge is 0.243 e. The van der Waals surface area contributed by atoms with Crippen LogP contribution >= 0.6 is 15.9 Å². The topological polar surface area (TPSA) is 84.7 Å². The molecule has 3 aromatic rings. The molecule has 0 unspecified atom stereocenters. The van der Waals surface area contributed by atoms with Crippen molar-refractivity contribution in [2.24, 2.45) is 7.05 Å². The van der Waals surface area contributed by atoms with Gasteiger partial charge in [0, 0.05) is 22.8 Å². The third-order valence-corrected chi connectivity index (χ3v) is 4.03. The lowest BCUT2D eigenvalue weighted by molar-refractivity contribution is -0.114. The number of benzene rings is 2. The molecule has 24 heavy (non-hydrogen) atoms. The van der Waals surface area contributed by atoms with Crippen LogP contribution < -0.4 is 10.6 Å². The van der Waals surface area contributed by atoms with Crippen LogP contribution in [0.1, 0.15) is 0 Å². The summed E-state index contributed by atoms with van der Waals surface area (Å²) in [4.78, 5) is 12.1. The molecule has 1 heterocycles. The van der Waals surface area contributed by atoms with E-state index in [1.807, 2.05) is 48.5 Å². The number of aryl methyl sites for hydroxylation is 1. The summed E-state index contributed by atoms with van der Waals surface area (Å²) in [7, 11) is 1.78. The van der Waals surface area contributed by atoms with E-state index in [0.717, 1.165) is 21.4 Å². The molecule has 0 spiro atoms. The highest BCUT2D eigenvalue weighted by atomic mass is 79.9. The molecular weight excluding hydrogens is 372 g/mol. The standard InChI is InChI=1S/C16H15BrN6O/c1-23-16(20-21-22-23)11-5-4-6-12(9-11)18-10-15(24)19-14-8-3-2-7-13(14)17/h2-9,18H,10H2,1H3,(H,19,24). The Kier molecular flexibility index (Phi) is 4.85. The van der Waals surface area contributed by atoms with E-state index in [1.54, 1.807) is 11.7 Å². The summed E-state index contributed by atoms with van der Waals surface area (Å²) < 4.78 is 2.44. The fraction of sp³-hybridized carbons (Fsp3) is 0.125. The number of rotatable bonds is 5. The number of hydrogen-bond acceptors (Lipinski definition) is 5. The van der Waals surface area contributed by atoms with Crippen LogP contribution in [0.25, 0.3) is 11.4 Å². The van der Waals surface area contributed by atoms with Crippen molar-refractivity contribution in [3.63, 3.8) is 0 Å². The van der Waals surface area contributed by atoms with Crippen LogP contribution in [0.15, 0.2) is 53.0 Å². The monoisotopic (exact) mass is 386 g/mol. The Morgan fingerprint density at radius 3 is 2.79 bits per heavy atom. The van der Waals surface area contributed by atoms with E-state index >= 15 is 0 Å². The van der Waals surface area contributed by atoms with E-state index in [4.69, 9.17) is 0 Å². The van der Waals surface area contributed by atoms with Crippen molar-refractivity contribution in [1.82, 2.24) is 20.2 Å². The SMILES string of the molecule is Cn1nnnc1-c1cccc(NCC(=O)Nc2ccccc2Br)c1. The number of para-hydroxylation sites is 1. The number of nitrogens with one attached hydrogen (secondary N) is 2. The van der Waals surface area contributed by atoms with E-state index in [1.165, 1.54) is 0 Å². The molecule has 0 radical (unpaired) electrons. The average Bonchev–Trinajstić information content (AvgIpc) is 3.01. The van der Waals surface area contributed by atoms with Gasteiger partial charge in [0.15, 0.2) is 5.82 Å². The predicted molar refractivity (Wildman–Crippen MR) is 95.5 cm³/mol. The second-order valence-corrected chi connectivity index (χ2v) is 5.94. The number of carbonyl (C=O) groups is 1. The predicted octanol–water partition coefficient (Wildman–Crippen LogP) is 2.69. The van der Waals surface area contributed by atoms with Crippen molar-refractivity contribution in [2.45, 2.75) is 0 Å². The first-order valence-corrected chi connectivity index (χ1v) is 8.04. The largest absolute Gasteiger partial charge is 0.376 e. The van der Waals surface area contributed by atoms with E-state index < -0.39 is 0 Å². The van der Waals surface area contributed by atoms with Gasteiger partial charge in [0.05, 0.1) is 12.2 Å². The zero-order valence-electron chi connectivity index (χ0n) is 12.9. The highest BCUT2D eigenvalue weighted by molar-refractivity contribution is 9.10. The van der Waals surface area contributed by atoms with Gasteiger partial charge < -0.3 is 10.6 Å². The van der Waals surface area contributed by atoms with Gasteiger partial charge in [-0.3, -0.25) is 4.79 Å². The number of nitrogens with zero attached hydrogens (tertiary/aromatic N) is 4. The number of hydrogen-bond donors (Lipinski definition) is 2. The Bertz CT molecular complexity index is 863. The minimum atomic E-state index is -0.132. The van der Waals surface area contributed by atoms with Crippen LogP contribution in [0, 0.1) is 0 Å². The maximum absolute atomic E-state index is 12.1. The fourth-order valence-electron chi connectivity index (χ4n) is 2.18. The molecule has 8 heteroatoms. The zero-order chi connectivity index (χ0) is 16.9. The van der Waals surface area contributed by atoms with Gasteiger partial charge in [0.2, 0.25) is 5.91 Å². The van der Waals surface area contributed by atoms with Gasteiger partial charge in [0.1, 0.15) is 0 Å². The van der Waals surface area contributed by atoms with Crippen molar-refractivity contribution >= 4 is 33.2 Å². The van der Waals surface area contributed by atoms with E-state index in [-0.39, 0.29) is 12.5 Å². The van der Waals surface area contributed by atoms with E-state index in [9.17, 15) is 4.79 Å². The lowest BCUT2D eigenvalue weighted by atomic mass is 10.2. The normalized spacial score (nSPS) is 10.4. The molecule has 122 valence electrons. The van der Waals surface area contributed by atoms with E-state index in [2.05, 4.69) is 42.1 Å². The molecule has 0 bridgehead atoms. The molecule has 0 saturated carbocycles. The number of anilines is 2. The van der Waals surface area contributed by atoms with E-state index in [0.29, 0.717) is 5.82 Å². The molecule has 0 saturated heterocycles. The quantitative estimate of drug-likeness (QED) is 0.703. The molecule has 3 rings (SSSR count). The number of tetrazole rings is 1. The van der Waals surface area contributed by atoms with Crippen LogP contribution in [0.5, 0.6) is 0 Å². The number of carbonyl (C=O) groups excluding carboxylic acids is 1. The van der Waals surface area contributed by atoms with Crippen LogP contribution in [0.2, 0.25) is 0 Å². The zero-order valence-corrected chi connectivity index (χ0v) is 14.5. The summed E-state index contributed by atoms with van der Waals surface area (Å²) in [6.45, 7) is 0.155. The Morgan fingerprint density at radius 1 is 1.21 bits per heavy atom. The Morgan fingerprint density at radius 2 is 2.04 bits per heavy atom. The fourth-order valence-corrected chi connectivity index (χ4v) is 2.57. The highest BCUT2D eigenvalue weighted by Gasteiger charge is 2.08. The molecule has 1 amide bonds. The average molecular weight is 387 g/mol. The summed E-state index contributed by atoms with van der Waals surface area (Å²) in [5.74, 6) is 0.531. The van der Waals surface area contributed by atoms with Gasteiger partial charge in [-0.05, 0) is 50.6 Å². The van der Waals surface area contributed by atoms with Crippen molar-refractivity contribution in [3.05, 3.63) is 53.0 Å². The molecule has 2 aromatic carbocycles. The van der Waals surface area contributed by atoms with Crippen LogP contribution in [0.3, 0.4) is 0 Å². The summed E-state index contributed by atoms with van der Waals surface area (Å²) in [6, 6.07) is 15.1. The summed E-state index contributed by atoms with van der Waals surface area (Å²) in [6.07, 6.45) is 0. The third kappa shape index (κ3) is 3.77. The maximum Gasteiger partial charge on any atom is 0.243 e. The lowest BCUT2D eigenvalue weighted by Crippen LogP contribution is -2.21. The minimum Gasteiger partial charge on any atom is -0.376 e. The van der Waals surface area contributed by atoms with Gasteiger partial charge in [-0.25, -0.2) is 4.68 Å². The van der Waals surface area contributed by atoms with Crippen molar-refractivity contribution < 1.29 is 4.79 Å². The van der Waals surface area contributed by atoms with Crippen LogP contribution in [-0.2, 0) is 11.8 Å². The van der Waals surface area contributed by atoms with Gasteiger partial charge in [0.25, 0.3) is 0 Å². The highest BCUT2D eigenvalue weighted by Crippen LogP contribution is 2.21. The minimum absolute atomic E-state index is 0.132. The second kappa shape index (κ2) is 7.22. The molecular formula is C16H15BrN6O. The van der Waals surface area contributed by atoms with Gasteiger partial charge in [-0.2, -0.15) is 0 Å². The molecule has 0 aliphatic carbocycles. The van der Waals surface area contributed by atoms with Gasteiger partial charge >= 0.3 is 0 Å². The summed E-state index contributed by atoms with van der Waals surface area (Å²) >= 11 is 3.40. The Hall–Kier alpha value is -2.74. The van der Waals surface area contributed by atoms with Gasteiger partial charge in [-0.1, -0.05) is 24.3 Å². The Labute approximate surface area is 147 Å². The third-order valence-electron chi connectivity index (χ3n) is 3.34. The second-order valence-electron chi connectivity index (χ2n) is 5.09. The molecule has 0 aliphatic rings. The van der Waals surface area contributed by atoms with Crippen LogP contribution in [-0.4, -0.2) is 32.7 Å². The lowest BCUT2D eigenvalue weighted by Gasteiger charge is -2.10. The molecule has 1 aromatic heterocycles. The molecule has 2 N–H and O–H groups in total. The molecule has 0 aliphatic heterocycles. The van der Waals surface area contributed by atoms with Crippen molar-refractivity contribution in [2.75, 3.05) is 17.2 Å². The van der Waals surface area contributed by atoms with Gasteiger partial charge in [-0.15, -0.1) is 5.10 Å². The van der Waals surface area contributed by atoms with Crippen molar-refractivity contribution in [3.8, 4) is 11.4 Å². The van der Waals surface area contributed by atoms with Crippen molar-refractivity contribution in [1.29, 1.82) is 0 Å². The summed E-state index contributed by atoms with van der Waals surface area (Å²) in [5.41, 5.74) is 2.43. The molecule has 0 fully saturated rings. The number of aromatic nitrogens is 4. The first-order chi connectivity index (χ1) is 11.6. The number of halogens is 1. The molecule has 7 nitrogen and oxygen atoms in total.